The molecule has 7 nitrogen and oxygen atoms in total. The van der Waals surface area contributed by atoms with E-state index in [0.717, 1.165) is 5.57 Å². The highest BCUT2D eigenvalue weighted by molar-refractivity contribution is 5.70. The zero-order valence-corrected chi connectivity index (χ0v) is 17.9. The lowest BCUT2D eigenvalue weighted by Gasteiger charge is -2.58. The van der Waals surface area contributed by atoms with Gasteiger partial charge in [0.2, 0.25) is 0 Å². The van der Waals surface area contributed by atoms with Crippen LogP contribution in [0.2, 0.25) is 0 Å². The standard InChI is InChI=1S/C22H32O7/c1-12(2)6-18(25)28-16-9-21(10-26-14(4)23)17(7-13(16)3)29-19-15(24)8-20(21,5)22(19)11-27-22/h7,12,15-17,19,24H,6,8-11H2,1-5H3/t15-,16+,17-,19-,20-,21-,22+/m1/s1. The number of rotatable bonds is 5. The summed E-state index contributed by atoms with van der Waals surface area (Å²) < 4.78 is 23.7. The summed E-state index contributed by atoms with van der Waals surface area (Å²) in [6.07, 6.45) is 1.50. The minimum absolute atomic E-state index is 0.135. The van der Waals surface area contributed by atoms with Crippen molar-refractivity contribution in [3.8, 4) is 0 Å². The number of esters is 2. The van der Waals surface area contributed by atoms with Crippen molar-refractivity contribution in [3.05, 3.63) is 11.6 Å². The second-order valence-corrected chi connectivity index (χ2v) is 9.89. The van der Waals surface area contributed by atoms with E-state index in [1.807, 2.05) is 26.8 Å². The maximum absolute atomic E-state index is 12.4. The van der Waals surface area contributed by atoms with E-state index < -0.39 is 34.7 Å². The molecule has 1 saturated carbocycles. The summed E-state index contributed by atoms with van der Waals surface area (Å²) >= 11 is 0. The largest absolute Gasteiger partial charge is 0.465 e. The van der Waals surface area contributed by atoms with E-state index in [9.17, 15) is 14.7 Å². The van der Waals surface area contributed by atoms with Crippen molar-refractivity contribution in [2.45, 2.75) is 83.9 Å². The normalized spacial score (nSPS) is 45.0. The van der Waals surface area contributed by atoms with Gasteiger partial charge in [-0.05, 0) is 24.8 Å². The van der Waals surface area contributed by atoms with E-state index in [4.69, 9.17) is 18.9 Å². The van der Waals surface area contributed by atoms with E-state index in [2.05, 4.69) is 6.92 Å². The first-order valence-electron chi connectivity index (χ1n) is 10.5. The first-order valence-corrected chi connectivity index (χ1v) is 10.5. The number of carbonyl (C=O) groups excluding carboxylic acids is 2. The number of fused-ring (bicyclic) bond motifs is 2. The number of aliphatic hydroxyl groups excluding tert-OH is 1. The maximum Gasteiger partial charge on any atom is 0.306 e. The summed E-state index contributed by atoms with van der Waals surface area (Å²) in [5.41, 5.74) is -0.765. The van der Waals surface area contributed by atoms with Gasteiger partial charge in [-0.1, -0.05) is 26.8 Å². The zero-order chi connectivity index (χ0) is 21.2. The van der Waals surface area contributed by atoms with E-state index in [1.165, 1.54) is 6.92 Å². The Labute approximate surface area is 171 Å². The van der Waals surface area contributed by atoms with Crippen molar-refractivity contribution in [3.63, 3.8) is 0 Å². The van der Waals surface area contributed by atoms with Crippen molar-refractivity contribution >= 4 is 11.9 Å². The molecular formula is C22H32O7. The Morgan fingerprint density at radius 3 is 2.62 bits per heavy atom. The Kier molecular flexibility index (Phi) is 4.87. The van der Waals surface area contributed by atoms with Gasteiger partial charge < -0.3 is 24.1 Å². The lowest BCUT2D eigenvalue weighted by atomic mass is 9.51. The van der Waals surface area contributed by atoms with Gasteiger partial charge in [0.25, 0.3) is 0 Å². The van der Waals surface area contributed by atoms with E-state index in [-0.39, 0.29) is 30.6 Å². The Morgan fingerprint density at radius 2 is 2.03 bits per heavy atom. The van der Waals surface area contributed by atoms with Gasteiger partial charge in [-0.3, -0.25) is 9.59 Å². The van der Waals surface area contributed by atoms with Crippen molar-refractivity contribution in [1.82, 2.24) is 0 Å². The van der Waals surface area contributed by atoms with E-state index >= 15 is 0 Å². The number of carbonyl (C=O) groups is 2. The molecule has 0 unspecified atom stereocenters. The second kappa shape index (κ2) is 6.79. The fourth-order valence-corrected chi connectivity index (χ4v) is 5.89. The Hall–Kier alpha value is -1.44. The summed E-state index contributed by atoms with van der Waals surface area (Å²) in [6.45, 7) is 10.0. The summed E-state index contributed by atoms with van der Waals surface area (Å²) in [5.74, 6) is -0.391. The molecule has 0 radical (unpaired) electrons. The van der Waals surface area contributed by atoms with Crippen molar-refractivity contribution in [2.24, 2.45) is 16.7 Å². The molecule has 1 N–H and O–H groups in total. The maximum atomic E-state index is 12.4. The molecule has 7 heteroatoms. The summed E-state index contributed by atoms with van der Waals surface area (Å²) in [4.78, 5) is 24.1. The van der Waals surface area contributed by atoms with Crippen molar-refractivity contribution in [1.29, 1.82) is 0 Å². The van der Waals surface area contributed by atoms with Crippen LogP contribution in [0.5, 0.6) is 0 Å². The lowest BCUT2D eigenvalue weighted by Crippen LogP contribution is -2.66. The monoisotopic (exact) mass is 408 g/mol. The molecule has 1 spiro atoms. The van der Waals surface area contributed by atoms with Gasteiger partial charge in [-0.25, -0.2) is 0 Å². The predicted octanol–water partition coefficient (Wildman–Crippen LogP) is 2.15. The average Bonchev–Trinajstić information content (AvgIpc) is 3.37. The van der Waals surface area contributed by atoms with E-state index in [0.29, 0.717) is 25.9 Å². The fraction of sp³-hybridized carbons (Fsp3) is 0.818. The molecule has 0 amide bonds. The van der Waals surface area contributed by atoms with Gasteiger partial charge in [-0.15, -0.1) is 0 Å². The predicted molar refractivity (Wildman–Crippen MR) is 103 cm³/mol. The average molecular weight is 408 g/mol. The summed E-state index contributed by atoms with van der Waals surface area (Å²) in [6, 6.07) is 0. The SMILES string of the molecule is CC(=O)OC[C@]12C[C@H](OC(=O)CC(C)C)C(C)=C[C@H]1O[C@@H]1[C@H](O)C[C@@]2(C)[C@]12CO2. The van der Waals surface area contributed by atoms with Gasteiger partial charge >= 0.3 is 11.9 Å². The molecule has 2 bridgehead atoms. The molecule has 0 aromatic heterocycles. The molecule has 3 fully saturated rings. The first-order chi connectivity index (χ1) is 13.5. The number of hydrogen-bond donors (Lipinski definition) is 1. The number of epoxide rings is 1. The zero-order valence-electron chi connectivity index (χ0n) is 17.9. The Bertz CT molecular complexity index is 739. The summed E-state index contributed by atoms with van der Waals surface area (Å²) in [7, 11) is 0. The van der Waals surface area contributed by atoms with Crippen LogP contribution in [-0.2, 0) is 28.5 Å². The quantitative estimate of drug-likeness (QED) is 0.423. The van der Waals surface area contributed by atoms with Crippen LogP contribution in [0.1, 0.15) is 53.9 Å². The van der Waals surface area contributed by atoms with E-state index in [1.54, 1.807) is 0 Å². The van der Waals surface area contributed by atoms with Crippen LogP contribution in [0.15, 0.2) is 11.6 Å². The van der Waals surface area contributed by atoms with Gasteiger partial charge in [0.1, 0.15) is 24.4 Å². The van der Waals surface area contributed by atoms with Crippen LogP contribution in [0, 0.1) is 16.7 Å². The molecule has 2 saturated heterocycles. The number of ether oxygens (including phenoxy) is 4. The van der Waals surface area contributed by atoms with Crippen molar-refractivity contribution < 1.29 is 33.6 Å². The van der Waals surface area contributed by atoms with Gasteiger partial charge in [0.15, 0.2) is 0 Å². The number of hydrogen-bond acceptors (Lipinski definition) is 7. The fourth-order valence-electron chi connectivity index (χ4n) is 5.89. The van der Waals surface area contributed by atoms with Crippen LogP contribution in [0.3, 0.4) is 0 Å². The molecule has 2 aliphatic heterocycles. The molecule has 2 aliphatic carbocycles. The molecule has 162 valence electrons. The Morgan fingerprint density at radius 1 is 1.34 bits per heavy atom. The minimum Gasteiger partial charge on any atom is -0.465 e. The van der Waals surface area contributed by atoms with Crippen molar-refractivity contribution in [2.75, 3.05) is 13.2 Å². The van der Waals surface area contributed by atoms with Gasteiger partial charge in [-0.2, -0.15) is 0 Å². The number of aliphatic hydroxyl groups is 1. The highest BCUT2D eigenvalue weighted by atomic mass is 16.6. The molecular weight excluding hydrogens is 376 g/mol. The molecule has 4 aliphatic rings. The molecule has 29 heavy (non-hydrogen) atoms. The van der Waals surface area contributed by atoms with Crippen LogP contribution in [-0.4, -0.2) is 60.3 Å². The molecule has 7 atom stereocenters. The molecule has 0 aromatic rings. The van der Waals surface area contributed by atoms with Gasteiger partial charge in [0.05, 0.1) is 18.8 Å². The molecule has 4 rings (SSSR count). The highest BCUT2D eigenvalue weighted by Crippen LogP contribution is 2.71. The minimum atomic E-state index is -0.647. The topological polar surface area (TPSA) is 94.6 Å². The third-order valence-corrected chi connectivity index (χ3v) is 7.61. The third kappa shape index (κ3) is 2.96. The van der Waals surface area contributed by atoms with Crippen LogP contribution < -0.4 is 0 Å². The molecule has 2 heterocycles. The first kappa shape index (κ1) is 20.8. The van der Waals surface area contributed by atoms with Gasteiger partial charge in [0, 0.05) is 30.6 Å². The second-order valence-electron chi connectivity index (χ2n) is 9.89. The summed E-state index contributed by atoms with van der Waals surface area (Å²) in [5, 5.41) is 10.7. The van der Waals surface area contributed by atoms with Crippen LogP contribution >= 0.6 is 0 Å². The third-order valence-electron chi connectivity index (χ3n) is 7.61. The molecule has 0 aromatic carbocycles. The Balaban J connectivity index is 1.71. The highest BCUT2D eigenvalue weighted by Gasteiger charge is 2.81. The van der Waals surface area contributed by atoms with Crippen LogP contribution in [0.25, 0.3) is 0 Å². The smallest absolute Gasteiger partial charge is 0.306 e. The van der Waals surface area contributed by atoms with Crippen LogP contribution in [0.4, 0.5) is 0 Å². The lowest BCUT2D eigenvalue weighted by molar-refractivity contribution is -0.230.